The number of aryl methyl sites for hydroxylation is 2. The number of carboxylic acid groups (broad SMARTS) is 1. The van der Waals surface area contributed by atoms with Gasteiger partial charge < -0.3 is 9.66 Å². The minimum absolute atomic E-state index is 0.254. The molecule has 0 amide bonds. The van der Waals surface area contributed by atoms with Gasteiger partial charge in [0.1, 0.15) is 0 Å². The number of fused-ring (bicyclic) bond motifs is 2. The highest BCUT2D eigenvalue weighted by Gasteiger charge is 2.31. The highest BCUT2D eigenvalue weighted by atomic mass is 32.2. The molecule has 1 heterocycles. The van der Waals surface area contributed by atoms with E-state index in [9.17, 15) is 14.5 Å². The molecule has 2 aromatic carbocycles. The largest absolute Gasteiger partial charge is 0.606 e. The molecule has 1 aliphatic heterocycles. The van der Waals surface area contributed by atoms with Crippen LogP contribution in [0.5, 0.6) is 0 Å². The van der Waals surface area contributed by atoms with E-state index in [0.29, 0.717) is 4.90 Å². The van der Waals surface area contributed by atoms with Crippen LogP contribution in [0, 0.1) is 6.92 Å². The Morgan fingerprint density at radius 2 is 1.58 bits per heavy atom. The second-order valence-corrected chi connectivity index (χ2v) is 10.3. The van der Waals surface area contributed by atoms with Gasteiger partial charge in [0.05, 0.1) is 5.56 Å². The molecule has 0 saturated carbocycles. The highest BCUT2D eigenvalue weighted by molar-refractivity contribution is 7.91. The Morgan fingerprint density at radius 1 is 0.935 bits per heavy atom. The number of benzene rings is 2. The van der Waals surface area contributed by atoms with Crippen molar-refractivity contribution in [1.29, 1.82) is 0 Å². The smallest absolute Gasteiger partial charge is 0.335 e. The number of carboxylic acids is 1. The summed E-state index contributed by atoms with van der Waals surface area (Å²) in [5.41, 5.74) is 4.67. The molecule has 1 N–H and O–H groups in total. The topological polar surface area (TPSA) is 60.4 Å². The van der Waals surface area contributed by atoms with Gasteiger partial charge in [-0.15, -0.1) is 0 Å². The third kappa shape index (κ3) is 6.36. The monoisotopic (exact) mass is 440 g/mol. The first kappa shape index (κ1) is 23.9. The fraction of sp³-hybridized carbons (Fsp3) is 0.519. The Hall–Kier alpha value is -1.78. The maximum Gasteiger partial charge on any atom is 0.335 e. The number of aromatic carboxylic acids is 1. The Labute approximate surface area is 190 Å². The van der Waals surface area contributed by atoms with E-state index in [2.05, 4.69) is 19.9 Å². The third-order valence-electron chi connectivity index (χ3n) is 6.33. The van der Waals surface area contributed by atoms with Crippen LogP contribution in [0.4, 0.5) is 0 Å². The van der Waals surface area contributed by atoms with Crippen molar-refractivity contribution in [3.05, 3.63) is 58.1 Å². The van der Waals surface area contributed by atoms with E-state index in [1.807, 2.05) is 18.2 Å². The Morgan fingerprint density at radius 3 is 2.23 bits per heavy atom. The van der Waals surface area contributed by atoms with E-state index in [-0.39, 0.29) is 5.56 Å². The first-order valence-electron chi connectivity index (χ1n) is 11.9. The molecule has 0 aliphatic carbocycles. The average molecular weight is 441 g/mol. The van der Waals surface area contributed by atoms with Gasteiger partial charge in [-0.05, 0) is 37.5 Å². The number of hydrogen-bond donors (Lipinski definition) is 1. The predicted molar refractivity (Wildman–Crippen MR) is 128 cm³/mol. The lowest BCUT2D eigenvalue weighted by atomic mass is 9.93. The summed E-state index contributed by atoms with van der Waals surface area (Å²) in [6.45, 7) is 4.30. The van der Waals surface area contributed by atoms with Gasteiger partial charge in [-0.1, -0.05) is 82.4 Å². The zero-order chi connectivity index (χ0) is 22.2. The van der Waals surface area contributed by atoms with Crippen molar-refractivity contribution in [2.24, 2.45) is 0 Å². The van der Waals surface area contributed by atoms with Gasteiger partial charge in [0.2, 0.25) is 0 Å². The maximum absolute atomic E-state index is 13.2. The molecule has 2 aromatic rings. The van der Waals surface area contributed by atoms with Crippen LogP contribution >= 0.6 is 0 Å². The van der Waals surface area contributed by atoms with Crippen LogP contribution in [-0.4, -0.2) is 15.6 Å². The van der Waals surface area contributed by atoms with Gasteiger partial charge in [0.25, 0.3) is 0 Å². The van der Waals surface area contributed by atoms with E-state index in [1.165, 1.54) is 57.8 Å². The summed E-state index contributed by atoms with van der Waals surface area (Å²) < 4.78 is 13.2. The summed E-state index contributed by atoms with van der Waals surface area (Å²) >= 11 is -1.31. The van der Waals surface area contributed by atoms with E-state index >= 15 is 0 Å². The van der Waals surface area contributed by atoms with Crippen molar-refractivity contribution < 1.29 is 14.5 Å². The molecule has 1 aliphatic rings. The third-order valence-corrected chi connectivity index (χ3v) is 7.89. The van der Waals surface area contributed by atoms with Gasteiger partial charge in [-0.3, -0.25) is 0 Å². The summed E-state index contributed by atoms with van der Waals surface area (Å²) in [4.78, 5) is 13.2. The molecule has 0 fully saturated rings. The van der Waals surface area contributed by atoms with Crippen molar-refractivity contribution >= 4 is 17.1 Å². The lowest BCUT2D eigenvalue weighted by Gasteiger charge is -2.24. The van der Waals surface area contributed by atoms with Crippen LogP contribution in [0.3, 0.4) is 0 Å². The van der Waals surface area contributed by atoms with Crippen molar-refractivity contribution in [2.75, 3.05) is 0 Å². The SMILES string of the molecule is CCCCCCCCCCCCc1cc(C(=O)O)cc2c1Cc1cc(C)ccc1[S+]2[O-]. The van der Waals surface area contributed by atoms with Gasteiger partial charge in [-0.2, -0.15) is 0 Å². The zero-order valence-electron chi connectivity index (χ0n) is 19.0. The lowest BCUT2D eigenvalue weighted by Crippen LogP contribution is -2.18. The van der Waals surface area contributed by atoms with Crippen molar-refractivity contribution in [3.8, 4) is 0 Å². The predicted octanol–water partition coefficient (Wildman–Crippen LogP) is 7.23. The number of hydrogen-bond acceptors (Lipinski definition) is 2. The molecule has 31 heavy (non-hydrogen) atoms. The summed E-state index contributed by atoms with van der Waals surface area (Å²) in [6, 6.07) is 9.46. The van der Waals surface area contributed by atoms with Crippen molar-refractivity contribution in [1.82, 2.24) is 0 Å². The molecule has 0 radical (unpaired) electrons. The molecular formula is C27H36O3S. The van der Waals surface area contributed by atoms with Crippen LogP contribution in [0.2, 0.25) is 0 Å². The van der Waals surface area contributed by atoms with E-state index in [0.717, 1.165) is 46.4 Å². The Bertz CT molecular complexity index is 890. The lowest BCUT2D eigenvalue weighted by molar-refractivity contribution is 0.0696. The fourth-order valence-corrected chi connectivity index (χ4v) is 6.01. The minimum Gasteiger partial charge on any atom is -0.606 e. The van der Waals surface area contributed by atoms with E-state index in [1.54, 1.807) is 6.07 Å². The van der Waals surface area contributed by atoms with Crippen molar-refractivity contribution in [2.45, 2.75) is 101 Å². The first-order chi connectivity index (χ1) is 15.0. The molecule has 0 saturated heterocycles. The van der Waals surface area contributed by atoms with Crippen molar-refractivity contribution in [3.63, 3.8) is 0 Å². The standard InChI is InChI=1S/C27H36O3S/c1-3-4-5-6-7-8-9-10-11-12-13-21-17-23(27(28)29)19-26-24(21)18-22-16-20(2)14-15-25(22)31(26)30/h14-17,19H,3-13,18H2,1-2H3,(H,28,29). The molecule has 0 aromatic heterocycles. The average Bonchev–Trinajstić information content (AvgIpc) is 2.75. The maximum atomic E-state index is 13.2. The van der Waals surface area contributed by atoms with Crippen LogP contribution in [0.1, 0.15) is 104 Å². The molecule has 3 nitrogen and oxygen atoms in total. The normalized spacial score (nSPS) is 14.9. The fourth-order valence-electron chi connectivity index (χ4n) is 4.55. The van der Waals surface area contributed by atoms with Gasteiger partial charge >= 0.3 is 5.97 Å². The van der Waals surface area contributed by atoms with Gasteiger partial charge in [-0.25, -0.2) is 4.79 Å². The van der Waals surface area contributed by atoms with Crippen LogP contribution < -0.4 is 0 Å². The highest BCUT2D eigenvalue weighted by Crippen LogP contribution is 2.37. The summed E-state index contributed by atoms with van der Waals surface area (Å²) in [6.07, 6.45) is 14.4. The van der Waals surface area contributed by atoms with Crippen LogP contribution in [0.15, 0.2) is 40.1 Å². The van der Waals surface area contributed by atoms with E-state index in [4.69, 9.17) is 0 Å². The molecule has 4 heteroatoms. The van der Waals surface area contributed by atoms with Crippen LogP contribution in [0.25, 0.3) is 0 Å². The zero-order valence-corrected chi connectivity index (χ0v) is 19.9. The van der Waals surface area contributed by atoms with Gasteiger partial charge in [0, 0.05) is 34.8 Å². The first-order valence-corrected chi connectivity index (χ1v) is 13.1. The molecule has 168 valence electrons. The summed E-state index contributed by atoms with van der Waals surface area (Å²) in [5.74, 6) is -0.946. The van der Waals surface area contributed by atoms with Crippen LogP contribution in [-0.2, 0) is 24.0 Å². The number of unbranched alkanes of at least 4 members (excludes halogenated alkanes) is 9. The molecule has 3 rings (SSSR count). The van der Waals surface area contributed by atoms with E-state index < -0.39 is 17.1 Å². The molecule has 0 spiro atoms. The minimum atomic E-state index is -1.31. The summed E-state index contributed by atoms with van der Waals surface area (Å²) in [5, 5.41) is 9.58. The molecule has 1 unspecified atom stereocenters. The molecular weight excluding hydrogens is 404 g/mol. The second-order valence-electron chi connectivity index (χ2n) is 8.91. The van der Waals surface area contributed by atoms with Gasteiger partial charge in [0.15, 0.2) is 9.79 Å². The Kier molecular flexibility index (Phi) is 9.03. The molecule has 0 bridgehead atoms. The number of rotatable bonds is 12. The quantitative estimate of drug-likeness (QED) is 0.280. The summed E-state index contributed by atoms with van der Waals surface area (Å²) in [7, 11) is 0. The molecule has 1 atom stereocenters. The Balaban J connectivity index is 1.61. The number of carbonyl (C=O) groups is 1. The second kappa shape index (κ2) is 11.7.